The normalized spacial score (nSPS) is 14.8. The average molecular weight is 305 g/mol. The third-order valence-electron chi connectivity index (χ3n) is 3.55. The molecule has 5 heteroatoms. The second kappa shape index (κ2) is 6.35. The number of nitrogens with two attached hydrogens (primary N) is 1. The SMILES string of the molecule is NNC(Cc1ccccc1Cl)c1ccc2c(c1)OCCO2. The molecule has 0 saturated carbocycles. The largest absolute Gasteiger partial charge is 0.486 e. The average Bonchev–Trinajstić information content (AvgIpc) is 2.54. The Morgan fingerprint density at radius 3 is 2.62 bits per heavy atom. The van der Waals surface area contributed by atoms with Crippen molar-refractivity contribution in [1.82, 2.24) is 5.43 Å². The van der Waals surface area contributed by atoms with Crippen LogP contribution in [0.1, 0.15) is 17.2 Å². The van der Waals surface area contributed by atoms with E-state index in [1.54, 1.807) is 0 Å². The molecule has 2 aromatic rings. The fraction of sp³-hybridized carbons (Fsp3) is 0.250. The molecule has 1 heterocycles. The first kappa shape index (κ1) is 14.2. The van der Waals surface area contributed by atoms with E-state index in [0.29, 0.717) is 19.6 Å². The topological polar surface area (TPSA) is 56.5 Å². The molecule has 1 aliphatic rings. The van der Waals surface area contributed by atoms with Gasteiger partial charge in [0, 0.05) is 5.02 Å². The molecule has 2 aromatic carbocycles. The highest BCUT2D eigenvalue weighted by Gasteiger charge is 2.17. The Labute approximate surface area is 128 Å². The molecule has 1 atom stereocenters. The van der Waals surface area contributed by atoms with Crippen molar-refractivity contribution in [1.29, 1.82) is 0 Å². The summed E-state index contributed by atoms with van der Waals surface area (Å²) in [5, 5.41) is 0.746. The monoisotopic (exact) mass is 304 g/mol. The van der Waals surface area contributed by atoms with Crippen LogP contribution in [0.2, 0.25) is 5.02 Å². The van der Waals surface area contributed by atoms with Gasteiger partial charge in [-0.2, -0.15) is 0 Å². The summed E-state index contributed by atoms with van der Waals surface area (Å²) in [6.45, 7) is 1.16. The molecule has 0 amide bonds. The zero-order valence-electron chi connectivity index (χ0n) is 11.5. The van der Waals surface area contributed by atoms with Crippen molar-refractivity contribution in [3.8, 4) is 11.5 Å². The number of benzene rings is 2. The summed E-state index contributed by atoms with van der Waals surface area (Å²) in [4.78, 5) is 0. The molecule has 0 radical (unpaired) electrons. The van der Waals surface area contributed by atoms with E-state index in [9.17, 15) is 0 Å². The summed E-state index contributed by atoms with van der Waals surface area (Å²) in [5.74, 6) is 7.25. The van der Waals surface area contributed by atoms with Crippen LogP contribution in [0.5, 0.6) is 11.5 Å². The molecule has 1 unspecified atom stereocenters. The third kappa shape index (κ3) is 3.13. The summed E-state index contributed by atoms with van der Waals surface area (Å²) >= 11 is 6.21. The molecule has 4 nitrogen and oxygen atoms in total. The molecule has 0 saturated heterocycles. The molecule has 3 N–H and O–H groups in total. The minimum Gasteiger partial charge on any atom is -0.486 e. The van der Waals surface area contributed by atoms with Gasteiger partial charge in [-0.15, -0.1) is 0 Å². The lowest BCUT2D eigenvalue weighted by molar-refractivity contribution is 0.171. The fourth-order valence-electron chi connectivity index (χ4n) is 2.43. The molecule has 21 heavy (non-hydrogen) atoms. The predicted molar refractivity (Wildman–Crippen MR) is 82.7 cm³/mol. The maximum atomic E-state index is 6.21. The summed E-state index contributed by atoms with van der Waals surface area (Å²) in [6.07, 6.45) is 0.704. The van der Waals surface area contributed by atoms with Gasteiger partial charge in [-0.3, -0.25) is 11.3 Å². The highest BCUT2D eigenvalue weighted by molar-refractivity contribution is 6.31. The van der Waals surface area contributed by atoms with Crippen LogP contribution < -0.4 is 20.7 Å². The van der Waals surface area contributed by atoms with E-state index < -0.39 is 0 Å². The van der Waals surface area contributed by atoms with Crippen LogP contribution >= 0.6 is 11.6 Å². The van der Waals surface area contributed by atoms with Crippen LogP contribution in [-0.4, -0.2) is 13.2 Å². The van der Waals surface area contributed by atoms with Crippen LogP contribution in [-0.2, 0) is 6.42 Å². The van der Waals surface area contributed by atoms with Crippen molar-refractivity contribution in [2.24, 2.45) is 5.84 Å². The maximum Gasteiger partial charge on any atom is 0.161 e. The van der Waals surface area contributed by atoms with Crippen molar-refractivity contribution in [3.05, 3.63) is 58.6 Å². The Balaban J connectivity index is 1.85. The van der Waals surface area contributed by atoms with E-state index in [-0.39, 0.29) is 6.04 Å². The Bertz CT molecular complexity index is 633. The maximum absolute atomic E-state index is 6.21. The minimum atomic E-state index is -0.0410. The molecule has 0 aliphatic carbocycles. The van der Waals surface area contributed by atoms with E-state index in [1.165, 1.54) is 0 Å². The van der Waals surface area contributed by atoms with Gasteiger partial charge in [-0.25, -0.2) is 0 Å². The quantitative estimate of drug-likeness (QED) is 0.673. The number of rotatable bonds is 4. The van der Waals surface area contributed by atoms with Gasteiger partial charge in [0.15, 0.2) is 11.5 Å². The van der Waals surface area contributed by atoms with Crippen LogP contribution in [0, 0.1) is 0 Å². The molecule has 110 valence electrons. The van der Waals surface area contributed by atoms with Crippen molar-refractivity contribution >= 4 is 11.6 Å². The van der Waals surface area contributed by atoms with Gasteiger partial charge in [0.1, 0.15) is 13.2 Å². The van der Waals surface area contributed by atoms with E-state index in [1.807, 2.05) is 42.5 Å². The third-order valence-corrected chi connectivity index (χ3v) is 3.92. The number of hydrogen-bond acceptors (Lipinski definition) is 4. The Morgan fingerprint density at radius 2 is 1.86 bits per heavy atom. The van der Waals surface area contributed by atoms with Gasteiger partial charge >= 0.3 is 0 Å². The predicted octanol–water partition coefficient (Wildman–Crippen LogP) is 2.86. The van der Waals surface area contributed by atoms with Crippen molar-refractivity contribution in [2.45, 2.75) is 12.5 Å². The highest BCUT2D eigenvalue weighted by atomic mass is 35.5. The van der Waals surface area contributed by atoms with Crippen LogP contribution in [0.15, 0.2) is 42.5 Å². The molecule has 1 aliphatic heterocycles. The number of ether oxygens (including phenoxy) is 2. The number of nitrogens with one attached hydrogen (secondary N) is 1. The molecular formula is C16H17ClN2O2. The second-order valence-corrected chi connectivity index (χ2v) is 5.33. The lowest BCUT2D eigenvalue weighted by atomic mass is 9.99. The lowest BCUT2D eigenvalue weighted by Crippen LogP contribution is -2.29. The highest BCUT2D eigenvalue weighted by Crippen LogP contribution is 2.33. The minimum absolute atomic E-state index is 0.0410. The summed E-state index contributed by atoms with van der Waals surface area (Å²) in [5.41, 5.74) is 4.94. The number of hydrogen-bond donors (Lipinski definition) is 2. The van der Waals surface area contributed by atoms with Gasteiger partial charge < -0.3 is 9.47 Å². The van der Waals surface area contributed by atoms with E-state index in [0.717, 1.165) is 27.6 Å². The van der Waals surface area contributed by atoms with Gasteiger partial charge in [0.05, 0.1) is 6.04 Å². The first-order valence-electron chi connectivity index (χ1n) is 6.87. The van der Waals surface area contributed by atoms with Gasteiger partial charge in [-0.05, 0) is 35.7 Å². The molecule has 0 spiro atoms. The fourth-order valence-corrected chi connectivity index (χ4v) is 2.65. The first-order valence-corrected chi connectivity index (χ1v) is 7.25. The zero-order chi connectivity index (χ0) is 14.7. The standard InChI is InChI=1S/C16H17ClN2O2/c17-13-4-2-1-3-11(13)9-14(19-18)12-5-6-15-16(10-12)21-8-7-20-15/h1-6,10,14,19H,7-9,18H2. The molecule has 0 fully saturated rings. The Hall–Kier alpha value is -1.75. The second-order valence-electron chi connectivity index (χ2n) is 4.92. The number of fused-ring (bicyclic) bond motifs is 1. The van der Waals surface area contributed by atoms with E-state index in [2.05, 4.69) is 5.43 Å². The van der Waals surface area contributed by atoms with Crippen molar-refractivity contribution in [2.75, 3.05) is 13.2 Å². The zero-order valence-corrected chi connectivity index (χ0v) is 12.3. The number of hydrazine groups is 1. The van der Waals surface area contributed by atoms with Crippen LogP contribution in [0.4, 0.5) is 0 Å². The Morgan fingerprint density at radius 1 is 1.10 bits per heavy atom. The first-order chi connectivity index (χ1) is 10.3. The summed E-state index contributed by atoms with van der Waals surface area (Å²) in [7, 11) is 0. The van der Waals surface area contributed by atoms with Crippen LogP contribution in [0.3, 0.4) is 0 Å². The molecule has 3 rings (SSSR count). The summed E-state index contributed by atoms with van der Waals surface area (Å²) in [6, 6.07) is 13.6. The number of halogens is 1. The van der Waals surface area contributed by atoms with Crippen molar-refractivity contribution in [3.63, 3.8) is 0 Å². The van der Waals surface area contributed by atoms with E-state index >= 15 is 0 Å². The molecule has 0 bridgehead atoms. The van der Waals surface area contributed by atoms with Gasteiger partial charge in [-0.1, -0.05) is 35.9 Å². The molecule has 0 aromatic heterocycles. The summed E-state index contributed by atoms with van der Waals surface area (Å²) < 4.78 is 11.1. The van der Waals surface area contributed by atoms with Gasteiger partial charge in [0.25, 0.3) is 0 Å². The van der Waals surface area contributed by atoms with Crippen LogP contribution in [0.25, 0.3) is 0 Å². The lowest BCUT2D eigenvalue weighted by Gasteiger charge is -2.22. The van der Waals surface area contributed by atoms with E-state index in [4.69, 9.17) is 26.9 Å². The Kier molecular flexibility index (Phi) is 4.29. The van der Waals surface area contributed by atoms with Crippen molar-refractivity contribution < 1.29 is 9.47 Å². The smallest absolute Gasteiger partial charge is 0.161 e. The molecular weight excluding hydrogens is 288 g/mol. The van der Waals surface area contributed by atoms with Gasteiger partial charge in [0.2, 0.25) is 0 Å².